The lowest BCUT2D eigenvalue weighted by Gasteiger charge is -2.19. The number of allylic oxidation sites excluding steroid dienone is 1. The van der Waals surface area contributed by atoms with Crippen LogP contribution in [-0.2, 0) is 4.79 Å². The zero-order valence-electron chi connectivity index (χ0n) is 10.2. The van der Waals surface area contributed by atoms with Crippen LogP contribution in [-0.4, -0.2) is 17.4 Å². The highest BCUT2D eigenvalue weighted by Crippen LogP contribution is 2.21. The van der Waals surface area contributed by atoms with Crippen LogP contribution in [0.3, 0.4) is 0 Å². The molecule has 0 radical (unpaired) electrons. The van der Waals surface area contributed by atoms with Crippen LogP contribution in [0.25, 0.3) is 0 Å². The average Bonchev–Trinajstić information content (AvgIpc) is 2.40. The molecule has 0 aliphatic carbocycles. The number of thiocarbonyl (C=S) groups is 1. The predicted octanol–water partition coefficient (Wildman–Crippen LogP) is 1.71. The summed E-state index contributed by atoms with van der Waals surface area (Å²) in [5.41, 5.74) is 7.13. The maximum atomic E-state index is 12.1. The van der Waals surface area contributed by atoms with Gasteiger partial charge in [-0.05, 0) is 24.9 Å². The fourth-order valence-electron chi connectivity index (χ4n) is 1.98. The molecule has 1 heterocycles. The topological polar surface area (TPSA) is 78.9 Å². The van der Waals surface area contributed by atoms with Crippen molar-refractivity contribution in [2.45, 2.75) is 12.7 Å². The van der Waals surface area contributed by atoms with E-state index in [-0.39, 0.29) is 16.2 Å². The van der Waals surface area contributed by atoms with Gasteiger partial charge in [0.1, 0.15) is 10.7 Å². The number of hydrogen-bond donors (Lipinski definition) is 2. The summed E-state index contributed by atoms with van der Waals surface area (Å²) in [5.74, 6) is 2.00. The van der Waals surface area contributed by atoms with Gasteiger partial charge in [0, 0.05) is 17.4 Å². The lowest BCUT2D eigenvalue weighted by atomic mass is 9.41. The van der Waals surface area contributed by atoms with Crippen molar-refractivity contribution in [3.8, 4) is 5.97 Å². The molecule has 0 unspecified atom stereocenters. The number of benzene rings is 1. The summed E-state index contributed by atoms with van der Waals surface area (Å²) in [6, 6.07) is 9.31. The van der Waals surface area contributed by atoms with E-state index in [1.54, 1.807) is 0 Å². The Labute approximate surface area is 117 Å². The van der Waals surface area contributed by atoms with Crippen LogP contribution >= 0.6 is 12.2 Å². The molecule has 19 heavy (non-hydrogen) atoms. The molecule has 1 aromatic rings. The molecule has 0 saturated heterocycles. The Morgan fingerprint density at radius 2 is 2.11 bits per heavy atom. The molecule has 0 bridgehead atoms. The van der Waals surface area contributed by atoms with Gasteiger partial charge < -0.3 is 15.8 Å². The molecule has 1 aliphatic rings. The second-order valence-corrected chi connectivity index (χ2v) is 4.71. The first-order chi connectivity index (χ1) is 9.13. The van der Waals surface area contributed by atoms with Gasteiger partial charge in [0.05, 0.1) is 5.57 Å². The normalized spacial score (nSPS) is 15.1. The number of nitrogens with one attached hydrogen (secondary N) is 1. The molecule has 0 amide bonds. The Bertz CT molecular complexity index is 592. The van der Waals surface area contributed by atoms with E-state index in [1.165, 1.54) is 0 Å². The van der Waals surface area contributed by atoms with Crippen LogP contribution in [0, 0.1) is 11.2 Å². The minimum atomic E-state index is -0.641. The zero-order valence-corrected chi connectivity index (χ0v) is 11.0. The van der Waals surface area contributed by atoms with Crippen LogP contribution in [0.5, 0.6) is 0 Å². The van der Waals surface area contributed by atoms with Crippen molar-refractivity contribution in [2.24, 2.45) is 5.73 Å². The molecule has 0 spiro atoms. The van der Waals surface area contributed by atoms with Gasteiger partial charge in [-0.3, -0.25) is 0 Å². The summed E-state index contributed by atoms with van der Waals surface area (Å²) in [7, 11) is 0. The van der Waals surface area contributed by atoms with Crippen molar-refractivity contribution in [3.63, 3.8) is 0 Å². The second-order valence-electron chi connectivity index (χ2n) is 4.30. The standard InChI is InChI=1S/C13H12BN3OS/c15-8-14-7-6-10(16)11(12(14)18)13(19)17-9-4-2-1-3-5-9/h1-5H,6-7,16H2,(H,17,19). The van der Waals surface area contributed by atoms with Gasteiger partial charge in [0.15, 0.2) is 0 Å². The largest absolute Gasteiger partial charge is 0.401 e. The smallest absolute Gasteiger partial charge is 0.351 e. The van der Waals surface area contributed by atoms with E-state index in [0.29, 0.717) is 18.4 Å². The molecular weight excluding hydrogens is 257 g/mol. The quantitative estimate of drug-likeness (QED) is 0.631. The number of carbonyl (C=O) groups is 1. The van der Waals surface area contributed by atoms with E-state index >= 15 is 0 Å². The molecule has 6 heteroatoms. The van der Waals surface area contributed by atoms with Crippen LogP contribution in [0.2, 0.25) is 6.32 Å². The summed E-state index contributed by atoms with van der Waals surface area (Å²) < 4.78 is 0. The highest BCUT2D eigenvalue weighted by molar-refractivity contribution is 7.81. The highest BCUT2D eigenvalue weighted by atomic mass is 32.1. The summed E-state index contributed by atoms with van der Waals surface area (Å²) >= 11 is 5.23. The van der Waals surface area contributed by atoms with Crippen molar-refractivity contribution >= 4 is 35.3 Å². The average molecular weight is 269 g/mol. The molecule has 1 aromatic carbocycles. The number of para-hydroxylation sites is 1. The summed E-state index contributed by atoms with van der Waals surface area (Å²) in [6.07, 6.45) is 0.995. The number of rotatable bonds is 2. The number of nitrogens with two attached hydrogens (primary N) is 1. The molecule has 94 valence electrons. The molecule has 3 N–H and O–H groups in total. The first-order valence-electron chi connectivity index (χ1n) is 5.92. The number of hydrogen-bond acceptors (Lipinski definition) is 4. The Hall–Kier alpha value is -2.13. The van der Waals surface area contributed by atoms with Gasteiger partial charge in [-0.1, -0.05) is 30.4 Å². The van der Waals surface area contributed by atoms with Gasteiger partial charge in [-0.2, -0.15) is 0 Å². The summed E-state index contributed by atoms with van der Waals surface area (Å²) in [5, 5.41) is 11.9. The number of carbonyl (C=O) groups excluding carboxylic acids is 1. The number of nitriles is 1. The van der Waals surface area contributed by atoms with Gasteiger partial charge in [-0.15, -0.1) is 0 Å². The predicted molar refractivity (Wildman–Crippen MR) is 79.7 cm³/mol. The Kier molecular flexibility index (Phi) is 3.98. The third kappa shape index (κ3) is 2.83. The maximum absolute atomic E-state index is 12.1. The first-order valence-corrected chi connectivity index (χ1v) is 6.33. The molecule has 4 nitrogen and oxygen atoms in total. The third-order valence-electron chi connectivity index (χ3n) is 3.00. The Balaban J connectivity index is 2.23. The minimum Gasteiger partial charge on any atom is -0.401 e. The number of anilines is 1. The molecular formula is C13H12BN3OS. The summed E-state index contributed by atoms with van der Waals surface area (Å²) in [4.78, 5) is 12.4. The molecule has 0 saturated carbocycles. The fourth-order valence-corrected chi connectivity index (χ4v) is 2.33. The van der Waals surface area contributed by atoms with Gasteiger partial charge in [0.2, 0.25) is 0 Å². The van der Waals surface area contributed by atoms with Gasteiger partial charge >= 0.3 is 6.71 Å². The van der Waals surface area contributed by atoms with Crippen molar-refractivity contribution < 1.29 is 4.79 Å². The molecule has 0 aromatic heterocycles. The van der Waals surface area contributed by atoms with Crippen molar-refractivity contribution in [3.05, 3.63) is 41.6 Å². The van der Waals surface area contributed by atoms with Crippen LogP contribution in [0.1, 0.15) is 6.42 Å². The van der Waals surface area contributed by atoms with Gasteiger partial charge in [-0.25, -0.2) is 5.26 Å². The monoisotopic (exact) mass is 269 g/mol. The Morgan fingerprint density at radius 1 is 1.42 bits per heavy atom. The fraction of sp³-hybridized carbons (Fsp3) is 0.154. The molecule has 0 atom stereocenters. The zero-order chi connectivity index (χ0) is 13.8. The molecule has 0 fully saturated rings. The van der Waals surface area contributed by atoms with E-state index in [1.807, 2.05) is 36.3 Å². The van der Waals surface area contributed by atoms with Crippen molar-refractivity contribution in [2.75, 3.05) is 5.32 Å². The number of nitrogens with zero attached hydrogens (tertiary/aromatic N) is 1. The van der Waals surface area contributed by atoms with Crippen molar-refractivity contribution in [1.82, 2.24) is 0 Å². The Morgan fingerprint density at radius 3 is 2.74 bits per heavy atom. The maximum Gasteiger partial charge on any atom is 0.351 e. The van der Waals surface area contributed by atoms with E-state index in [4.69, 9.17) is 23.2 Å². The SMILES string of the molecule is N#CB1CCC(N)=C(C(=S)Nc2ccccc2)C1=O. The first kappa shape index (κ1) is 13.3. The lowest BCUT2D eigenvalue weighted by molar-refractivity contribution is -0.108. The van der Waals surface area contributed by atoms with Crippen LogP contribution in [0.15, 0.2) is 41.6 Å². The second kappa shape index (κ2) is 5.68. The summed E-state index contributed by atoms with van der Waals surface area (Å²) in [6.45, 7) is -0.641. The van der Waals surface area contributed by atoms with E-state index in [9.17, 15) is 4.79 Å². The van der Waals surface area contributed by atoms with E-state index < -0.39 is 6.71 Å². The minimum absolute atomic E-state index is 0.278. The van der Waals surface area contributed by atoms with Crippen LogP contribution < -0.4 is 11.1 Å². The van der Waals surface area contributed by atoms with Gasteiger partial charge in [0.25, 0.3) is 0 Å². The molecule has 1 aliphatic heterocycles. The highest BCUT2D eigenvalue weighted by Gasteiger charge is 2.34. The lowest BCUT2D eigenvalue weighted by Crippen LogP contribution is -2.37. The van der Waals surface area contributed by atoms with Crippen molar-refractivity contribution in [1.29, 1.82) is 5.26 Å². The van der Waals surface area contributed by atoms with Crippen LogP contribution in [0.4, 0.5) is 5.69 Å². The van der Waals surface area contributed by atoms with E-state index in [2.05, 4.69) is 5.32 Å². The third-order valence-corrected chi connectivity index (χ3v) is 3.31. The molecule has 2 rings (SSSR count). The van der Waals surface area contributed by atoms with E-state index in [0.717, 1.165) is 5.69 Å².